The van der Waals surface area contributed by atoms with Crippen LogP contribution in [-0.4, -0.2) is 19.2 Å². The van der Waals surface area contributed by atoms with Gasteiger partial charge in [-0.3, -0.25) is 4.79 Å². The number of benzene rings is 1. The van der Waals surface area contributed by atoms with Crippen molar-refractivity contribution in [2.45, 2.75) is 39.2 Å². The average molecular weight is 276 g/mol. The zero-order valence-corrected chi connectivity index (χ0v) is 12.1. The van der Waals surface area contributed by atoms with Crippen LogP contribution in [-0.2, 0) is 9.53 Å². The highest BCUT2D eigenvalue weighted by molar-refractivity contribution is 5.69. The maximum Gasteiger partial charge on any atom is 0.307 e. The Bertz CT molecular complexity index is 467. The maximum absolute atomic E-state index is 11.4. The van der Waals surface area contributed by atoms with E-state index in [1.807, 2.05) is 13.8 Å². The normalized spacial score (nSPS) is 10.9. The lowest BCUT2D eigenvalue weighted by Crippen LogP contribution is -2.13. The fourth-order valence-electron chi connectivity index (χ4n) is 1.32. The Hall–Kier alpha value is -2.15. The van der Waals surface area contributed by atoms with Crippen molar-refractivity contribution in [3.63, 3.8) is 0 Å². The van der Waals surface area contributed by atoms with Crippen LogP contribution in [0.15, 0.2) is 24.3 Å². The molecule has 0 aliphatic carbocycles. The number of hydrogen-bond donors (Lipinski definition) is 0. The summed E-state index contributed by atoms with van der Waals surface area (Å²) < 4.78 is 15.4. The van der Waals surface area contributed by atoms with E-state index in [1.165, 1.54) is 0 Å². The minimum Gasteiger partial charge on any atom is -0.497 e. The first kappa shape index (κ1) is 15.9. The van der Waals surface area contributed by atoms with E-state index in [0.29, 0.717) is 12.2 Å². The monoisotopic (exact) mass is 276 g/mol. The zero-order valence-electron chi connectivity index (χ0n) is 12.1. The van der Waals surface area contributed by atoms with E-state index in [2.05, 4.69) is 12.0 Å². The summed E-state index contributed by atoms with van der Waals surface area (Å²) in [5, 5.41) is 0. The summed E-state index contributed by atoms with van der Waals surface area (Å²) in [6.07, 6.45) is 4.05. The molecule has 20 heavy (non-hydrogen) atoms. The Morgan fingerprint density at radius 2 is 1.90 bits per heavy atom. The topological polar surface area (TPSA) is 44.8 Å². The maximum atomic E-state index is 11.4. The number of hydrogen-bond acceptors (Lipinski definition) is 4. The minimum absolute atomic E-state index is 0.0361. The van der Waals surface area contributed by atoms with E-state index in [0.717, 1.165) is 12.2 Å². The van der Waals surface area contributed by atoms with Crippen LogP contribution in [0.1, 0.15) is 33.1 Å². The Balaban J connectivity index is 2.27. The molecule has 4 nitrogen and oxygen atoms in total. The predicted octanol–water partition coefficient (Wildman–Crippen LogP) is 3.16. The average Bonchev–Trinajstić information content (AvgIpc) is 2.47. The van der Waals surface area contributed by atoms with Crippen molar-refractivity contribution in [3.8, 4) is 23.5 Å². The number of ether oxygens (including phenoxy) is 3. The van der Waals surface area contributed by atoms with Gasteiger partial charge in [0, 0.05) is 6.42 Å². The number of carbonyl (C=O) groups excluding carboxylic acids is 1. The van der Waals surface area contributed by atoms with Crippen LogP contribution in [0.3, 0.4) is 0 Å². The minimum atomic E-state index is -0.224. The summed E-state index contributed by atoms with van der Waals surface area (Å²) in [5.41, 5.74) is 0. The molecule has 1 atom stereocenters. The lowest BCUT2D eigenvalue weighted by atomic mass is 10.3. The number of methoxy groups -OCH3 is 1. The Morgan fingerprint density at radius 3 is 2.50 bits per heavy atom. The second kappa shape index (κ2) is 8.87. The van der Waals surface area contributed by atoms with E-state index in [1.54, 1.807) is 31.4 Å². The highest BCUT2D eigenvalue weighted by Crippen LogP contribution is 2.16. The van der Waals surface area contributed by atoms with Crippen LogP contribution in [0, 0.1) is 12.0 Å². The summed E-state index contributed by atoms with van der Waals surface area (Å²) in [5.74, 6) is 3.96. The number of rotatable bonds is 6. The van der Waals surface area contributed by atoms with Crippen LogP contribution >= 0.6 is 0 Å². The molecule has 0 heterocycles. The van der Waals surface area contributed by atoms with Crippen molar-refractivity contribution in [1.82, 2.24) is 0 Å². The van der Waals surface area contributed by atoms with Gasteiger partial charge in [-0.1, -0.05) is 12.8 Å². The summed E-state index contributed by atoms with van der Waals surface area (Å²) in [6, 6.07) is 7.12. The summed E-state index contributed by atoms with van der Waals surface area (Å²) >= 11 is 0. The van der Waals surface area contributed by atoms with Gasteiger partial charge in [-0.2, -0.15) is 0 Å². The largest absolute Gasteiger partial charge is 0.497 e. The molecule has 1 aromatic carbocycles. The summed E-state index contributed by atoms with van der Waals surface area (Å²) in [6.45, 7) is 3.84. The molecular formula is C16H20O4. The second-order valence-electron chi connectivity index (χ2n) is 4.27. The molecule has 4 heteroatoms. The third-order valence-electron chi connectivity index (χ3n) is 2.66. The predicted molar refractivity (Wildman–Crippen MR) is 76.5 cm³/mol. The molecule has 0 spiro atoms. The van der Waals surface area contributed by atoms with Gasteiger partial charge in [0.25, 0.3) is 0 Å². The molecule has 0 fully saturated rings. The lowest BCUT2D eigenvalue weighted by Gasteiger charge is -2.09. The molecule has 108 valence electrons. The fourth-order valence-corrected chi connectivity index (χ4v) is 1.32. The van der Waals surface area contributed by atoms with Crippen molar-refractivity contribution in [2.75, 3.05) is 7.11 Å². The second-order valence-corrected chi connectivity index (χ2v) is 4.27. The van der Waals surface area contributed by atoms with Crippen molar-refractivity contribution >= 4 is 5.97 Å². The highest BCUT2D eigenvalue weighted by atomic mass is 16.5. The Kier molecular flexibility index (Phi) is 7.05. The number of carbonyl (C=O) groups is 1. The Morgan fingerprint density at radius 1 is 1.25 bits per heavy atom. The summed E-state index contributed by atoms with van der Waals surface area (Å²) in [4.78, 5) is 11.4. The van der Waals surface area contributed by atoms with Crippen LogP contribution in [0.5, 0.6) is 11.5 Å². The van der Waals surface area contributed by atoms with Crippen molar-refractivity contribution < 1.29 is 19.0 Å². The molecule has 1 unspecified atom stereocenters. The van der Waals surface area contributed by atoms with Crippen molar-refractivity contribution in [2.24, 2.45) is 0 Å². The first-order valence-corrected chi connectivity index (χ1v) is 6.64. The van der Waals surface area contributed by atoms with Crippen molar-refractivity contribution in [3.05, 3.63) is 24.3 Å². The Labute approximate surface area is 120 Å². The molecule has 0 saturated carbocycles. The van der Waals surface area contributed by atoms with Crippen molar-refractivity contribution in [1.29, 1.82) is 0 Å². The third kappa shape index (κ3) is 6.14. The molecule has 0 radical (unpaired) electrons. The molecule has 1 rings (SSSR count). The SMILES string of the molecule is CCC(C)OC(=O)CCC#COc1ccc(OC)cc1. The first-order chi connectivity index (χ1) is 9.65. The van der Waals surface area contributed by atoms with Gasteiger partial charge in [0.2, 0.25) is 0 Å². The van der Waals surface area contributed by atoms with Crippen LogP contribution in [0.4, 0.5) is 0 Å². The first-order valence-electron chi connectivity index (χ1n) is 6.64. The molecule has 1 aromatic rings. The molecule has 0 aromatic heterocycles. The van der Waals surface area contributed by atoms with E-state index in [-0.39, 0.29) is 18.5 Å². The van der Waals surface area contributed by atoms with Crippen LogP contribution in [0.2, 0.25) is 0 Å². The molecule has 0 aliphatic heterocycles. The van der Waals surface area contributed by atoms with Gasteiger partial charge >= 0.3 is 5.97 Å². The highest BCUT2D eigenvalue weighted by Gasteiger charge is 2.05. The third-order valence-corrected chi connectivity index (χ3v) is 2.66. The van der Waals surface area contributed by atoms with Gasteiger partial charge in [0.15, 0.2) is 0 Å². The van der Waals surface area contributed by atoms with Crippen LogP contribution < -0.4 is 9.47 Å². The lowest BCUT2D eigenvalue weighted by molar-refractivity contribution is -0.148. The summed E-state index contributed by atoms with van der Waals surface area (Å²) in [7, 11) is 1.61. The standard InChI is InChI=1S/C16H20O4/c1-4-13(2)20-16(17)7-5-6-12-19-15-10-8-14(18-3)9-11-15/h8-11,13H,4-5,7H2,1-3H3. The number of esters is 1. The molecule has 0 amide bonds. The molecule has 0 saturated heterocycles. The van der Waals surface area contributed by atoms with E-state index >= 15 is 0 Å². The quantitative estimate of drug-likeness (QED) is 0.591. The molecule has 0 bridgehead atoms. The van der Waals surface area contributed by atoms with Gasteiger partial charge in [-0.05, 0) is 37.6 Å². The zero-order chi connectivity index (χ0) is 14.8. The van der Waals surface area contributed by atoms with Gasteiger partial charge in [0.1, 0.15) is 17.6 Å². The van der Waals surface area contributed by atoms with Crippen LogP contribution in [0.25, 0.3) is 0 Å². The molecule has 0 aliphatic rings. The van der Waals surface area contributed by atoms with Gasteiger partial charge < -0.3 is 14.2 Å². The van der Waals surface area contributed by atoms with Gasteiger partial charge in [-0.15, -0.1) is 0 Å². The van der Waals surface area contributed by atoms with E-state index < -0.39 is 0 Å². The molecule has 0 N–H and O–H groups in total. The van der Waals surface area contributed by atoms with E-state index in [4.69, 9.17) is 14.2 Å². The smallest absolute Gasteiger partial charge is 0.307 e. The molecular weight excluding hydrogens is 256 g/mol. The van der Waals surface area contributed by atoms with Gasteiger partial charge in [0.05, 0.1) is 19.6 Å². The van der Waals surface area contributed by atoms with E-state index in [9.17, 15) is 4.79 Å². The van der Waals surface area contributed by atoms with Gasteiger partial charge in [-0.25, -0.2) is 0 Å². The fraction of sp³-hybridized carbons (Fsp3) is 0.438.